The molecular formula is C18H32N2O. The molecule has 120 valence electrons. The van der Waals surface area contributed by atoms with Crippen molar-refractivity contribution < 1.29 is 4.79 Å². The van der Waals surface area contributed by atoms with Crippen LogP contribution >= 0.6 is 0 Å². The average molecular weight is 292 g/mol. The van der Waals surface area contributed by atoms with E-state index in [9.17, 15) is 4.79 Å². The van der Waals surface area contributed by atoms with E-state index in [1.165, 1.54) is 57.8 Å². The van der Waals surface area contributed by atoms with Gasteiger partial charge in [0.1, 0.15) is 0 Å². The SMILES string of the molecule is CC1CCC(CCNC(=O)C2CC3CCCCC3N2)CC1. The summed E-state index contributed by atoms with van der Waals surface area (Å²) in [6.45, 7) is 3.24. The summed E-state index contributed by atoms with van der Waals surface area (Å²) in [5.74, 6) is 2.78. The van der Waals surface area contributed by atoms with Gasteiger partial charge in [0.05, 0.1) is 6.04 Å². The Morgan fingerprint density at radius 2 is 1.86 bits per heavy atom. The van der Waals surface area contributed by atoms with E-state index in [0.717, 1.165) is 30.7 Å². The Labute approximate surface area is 129 Å². The van der Waals surface area contributed by atoms with Gasteiger partial charge < -0.3 is 10.6 Å². The number of carbonyl (C=O) groups excluding carboxylic acids is 1. The van der Waals surface area contributed by atoms with Crippen LogP contribution in [0.4, 0.5) is 0 Å². The minimum absolute atomic E-state index is 0.0875. The number of hydrogen-bond donors (Lipinski definition) is 2. The Kier molecular flexibility index (Phi) is 5.20. The lowest BCUT2D eigenvalue weighted by molar-refractivity contribution is -0.122. The van der Waals surface area contributed by atoms with Gasteiger partial charge in [0.2, 0.25) is 5.91 Å². The molecule has 3 heteroatoms. The number of nitrogens with one attached hydrogen (secondary N) is 2. The molecule has 3 nitrogen and oxygen atoms in total. The molecule has 2 saturated carbocycles. The van der Waals surface area contributed by atoms with E-state index in [1.54, 1.807) is 0 Å². The summed E-state index contributed by atoms with van der Waals surface area (Å²) in [6.07, 6.45) is 13.0. The predicted molar refractivity (Wildman–Crippen MR) is 86.0 cm³/mol. The Hall–Kier alpha value is -0.570. The summed E-state index contributed by atoms with van der Waals surface area (Å²) < 4.78 is 0. The lowest BCUT2D eigenvalue weighted by atomic mass is 9.81. The molecule has 1 aliphatic heterocycles. The molecule has 3 rings (SSSR count). The maximum absolute atomic E-state index is 12.3. The zero-order valence-electron chi connectivity index (χ0n) is 13.6. The molecule has 0 bridgehead atoms. The Bertz CT molecular complexity index is 335. The predicted octanol–water partition coefficient (Wildman–Crippen LogP) is 3.24. The van der Waals surface area contributed by atoms with Crippen LogP contribution in [0.1, 0.15) is 71.1 Å². The summed E-state index contributed by atoms with van der Waals surface area (Å²) in [6, 6.07) is 0.707. The van der Waals surface area contributed by atoms with Crippen LogP contribution in [0.2, 0.25) is 0 Å². The molecule has 0 aromatic rings. The first-order valence-corrected chi connectivity index (χ1v) is 9.26. The van der Waals surface area contributed by atoms with Gasteiger partial charge in [0.25, 0.3) is 0 Å². The molecule has 1 heterocycles. The number of fused-ring (bicyclic) bond motifs is 1. The molecule has 1 saturated heterocycles. The van der Waals surface area contributed by atoms with Crippen LogP contribution in [0.15, 0.2) is 0 Å². The van der Waals surface area contributed by atoms with Crippen LogP contribution < -0.4 is 10.6 Å². The number of carbonyl (C=O) groups is 1. The molecule has 0 aromatic heterocycles. The standard InChI is InChI=1S/C18H32N2O/c1-13-6-8-14(9-7-13)10-11-19-18(21)17-12-15-4-2-3-5-16(15)20-17/h13-17,20H,2-12H2,1H3,(H,19,21). The van der Waals surface area contributed by atoms with Gasteiger partial charge in [-0.3, -0.25) is 4.79 Å². The third-order valence-electron chi connectivity index (χ3n) is 6.17. The fourth-order valence-electron chi connectivity index (χ4n) is 4.66. The van der Waals surface area contributed by atoms with Gasteiger partial charge >= 0.3 is 0 Å². The molecule has 0 aromatic carbocycles. The Morgan fingerprint density at radius 1 is 1.10 bits per heavy atom. The third kappa shape index (κ3) is 4.00. The van der Waals surface area contributed by atoms with Gasteiger partial charge in [0, 0.05) is 12.6 Å². The van der Waals surface area contributed by atoms with Crippen LogP contribution in [0.5, 0.6) is 0 Å². The summed E-state index contributed by atoms with van der Waals surface area (Å²) in [7, 11) is 0. The molecular weight excluding hydrogens is 260 g/mol. The van der Waals surface area contributed by atoms with Crippen LogP contribution in [0.25, 0.3) is 0 Å². The Morgan fingerprint density at radius 3 is 2.62 bits per heavy atom. The molecule has 0 radical (unpaired) electrons. The van der Waals surface area contributed by atoms with Crippen LogP contribution in [0.3, 0.4) is 0 Å². The fraction of sp³-hybridized carbons (Fsp3) is 0.944. The minimum atomic E-state index is 0.0875. The first-order valence-electron chi connectivity index (χ1n) is 9.26. The van der Waals surface area contributed by atoms with Gasteiger partial charge in [-0.25, -0.2) is 0 Å². The molecule has 1 amide bonds. The summed E-state index contributed by atoms with van der Waals surface area (Å²) >= 11 is 0. The highest BCUT2D eigenvalue weighted by atomic mass is 16.2. The number of hydrogen-bond acceptors (Lipinski definition) is 2. The first-order chi connectivity index (χ1) is 10.2. The average Bonchev–Trinajstić information content (AvgIpc) is 2.93. The van der Waals surface area contributed by atoms with Crippen molar-refractivity contribution in [2.75, 3.05) is 6.54 Å². The molecule has 21 heavy (non-hydrogen) atoms. The second-order valence-corrected chi connectivity index (χ2v) is 7.81. The minimum Gasteiger partial charge on any atom is -0.355 e. The smallest absolute Gasteiger partial charge is 0.237 e. The van der Waals surface area contributed by atoms with Crippen LogP contribution in [-0.2, 0) is 4.79 Å². The van der Waals surface area contributed by atoms with Crippen molar-refractivity contribution >= 4 is 5.91 Å². The van der Waals surface area contributed by atoms with E-state index >= 15 is 0 Å². The van der Waals surface area contributed by atoms with Gasteiger partial charge in [0.15, 0.2) is 0 Å². The molecule has 0 spiro atoms. The maximum atomic E-state index is 12.3. The lowest BCUT2D eigenvalue weighted by Crippen LogP contribution is -2.43. The molecule has 3 aliphatic rings. The van der Waals surface area contributed by atoms with Crippen LogP contribution in [0, 0.1) is 17.8 Å². The highest BCUT2D eigenvalue weighted by Crippen LogP contribution is 2.33. The van der Waals surface area contributed by atoms with Crippen molar-refractivity contribution in [2.45, 2.75) is 83.2 Å². The Balaban J connectivity index is 1.35. The molecule has 2 N–H and O–H groups in total. The van der Waals surface area contributed by atoms with Crippen molar-refractivity contribution in [2.24, 2.45) is 17.8 Å². The first kappa shape index (κ1) is 15.3. The van der Waals surface area contributed by atoms with E-state index in [0.29, 0.717) is 6.04 Å². The third-order valence-corrected chi connectivity index (χ3v) is 6.17. The van der Waals surface area contributed by atoms with E-state index < -0.39 is 0 Å². The van der Waals surface area contributed by atoms with Crippen molar-refractivity contribution in [3.8, 4) is 0 Å². The van der Waals surface area contributed by atoms with Crippen molar-refractivity contribution in [3.63, 3.8) is 0 Å². The van der Waals surface area contributed by atoms with Crippen molar-refractivity contribution in [1.82, 2.24) is 10.6 Å². The van der Waals surface area contributed by atoms with Gasteiger partial charge in [-0.1, -0.05) is 45.4 Å². The summed E-state index contributed by atoms with van der Waals surface area (Å²) in [5.41, 5.74) is 0. The zero-order valence-corrected chi connectivity index (χ0v) is 13.6. The monoisotopic (exact) mass is 292 g/mol. The number of amides is 1. The van der Waals surface area contributed by atoms with E-state index in [-0.39, 0.29) is 11.9 Å². The maximum Gasteiger partial charge on any atom is 0.237 e. The fourth-order valence-corrected chi connectivity index (χ4v) is 4.66. The van der Waals surface area contributed by atoms with Crippen molar-refractivity contribution in [1.29, 1.82) is 0 Å². The van der Waals surface area contributed by atoms with E-state index in [1.807, 2.05) is 0 Å². The zero-order chi connectivity index (χ0) is 14.7. The number of rotatable bonds is 4. The molecule has 3 fully saturated rings. The van der Waals surface area contributed by atoms with Gasteiger partial charge in [-0.15, -0.1) is 0 Å². The normalized spacial score (nSPS) is 39.8. The lowest BCUT2D eigenvalue weighted by Gasteiger charge is -2.26. The second-order valence-electron chi connectivity index (χ2n) is 7.81. The topological polar surface area (TPSA) is 41.1 Å². The van der Waals surface area contributed by atoms with E-state index in [4.69, 9.17) is 0 Å². The quantitative estimate of drug-likeness (QED) is 0.835. The molecule has 2 aliphatic carbocycles. The largest absolute Gasteiger partial charge is 0.355 e. The van der Waals surface area contributed by atoms with Gasteiger partial charge in [-0.05, 0) is 43.4 Å². The van der Waals surface area contributed by atoms with Gasteiger partial charge in [-0.2, -0.15) is 0 Å². The van der Waals surface area contributed by atoms with Crippen molar-refractivity contribution in [3.05, 3.63) is 0 Å². The highest BCUT2D eigenvalue weighted by Gasteiger charge is 2.38. The molecule has 3 unspecified atom stereocenters. The van der Waals surface area contributed by atoms with E-state index in [2.05, 4.69) is 17.6 Å². The highest BCUT2D eigenvalue weighted by molar-refractivity contribution is 5.82. The summed E-state index contributed by atoms with van der Waals surface area (Å²) in [5, 5.41) is 6.77. The second kappa shape index (κ2) is 7.13. The van der Waals surface area contributed by atoms with Crippen LogP contribution in [-0.4, -0.2) is 24.5 Å². The molecule has 3 atom stereocenters. The summed E-state index contributed by atoms with van der Waals surface area (Å²) in [4.78, 5) is 12.3.